The molecule has 3 rings (SSSR count). The van der Waals surface area contributed by atoms with Crippen molar-refractivity contribution in [2.45, 2.75) is 343 Å². The van der Waals surface area contributed by atoms with E-state index in [1.807, 2.05) is 6.08 Å². The molecule has 0 aromatic heterocycles. The molecular formula is C73H127NO18. The van der Waals surface area contributed by atoms with Gasteiger partial charge in [-0.05, 0) is 77.0 Å². The number of carbonyl (C=O) groups excluding carboxylic acids is 1. The summed E-state index contributed by atoms with van der Waals surface area (Å²) in [5.41, 5.74) is 0. The van der Waals surface area contributed by atoms with Crippen LogP contribution in [0, 0.1) is 0 Å². The molecule has 3 heterocycles. The molecule has 19 heteroatoms. The molecule has 3 aliphatic heterocycles. The molecule has 0 bridgehead atoms. The summed E-state index contributed by atoms with van der Waals surface area (Å²) < 4.78 is 34.4. The second-order valence-electron chi connectivity index (χ2n) is 25.3. The van der Waals surface area contributed by atoms with E-state index < -0.39 is 124 Å². The molecule has 0 saturated carbocycles. The van der Waals surface area contributed by atoms with E-state index in [9.17, 15) is 61.0 Å². The first-order valence-corrected chi connectivity index (χ1v) is 35.8. The van der Waals surface area contributed by atoms with Crippen molar-refractivity contribution in [2.75, 3.05) is 26.4 Å². The number of unbranched alkanes of at least 4 members (excludes halogenated alkanes) is 26. The number of hydrogen-bond donors (Lipinski definition) is 12. The van der Waals surface area contributed by atoms with Crippen molar-refractivity contribution in [1.82, 2.24) is 5.32 Å². The highest BCUT2D eigenvalue weighted by molar-refractivity contribution is 5.76. The van der Waals surface area contributed by atoms with Gasteiger partial charge in [-0.25, -0.2) is 0 Å². The van der Waals surface area contributed by atoms with E-state index in [2.05, 4.69) is 92.1 Å². The Morgan fingerprint density at radius 2 is 0.761 bits per heavy atom. The molecule has 0 aliphatic carbocycles. The maximum atomic E-state index is 13.4. The van der Waals surface area contributed by atoms with Gasteiger partial charge in [-0.1, -0.05) is 240 Å². The molecule has 17 atom stereocenters. The summed E-state index contributed by atoms with van der Waals surface area (Å²) >= 11 is 0. The predicted molar refractivity (Wildman–Crippen MR) is 360 cm³/mol. The topological polar surface area (TPSA) is 307 Å². The minimum atomic E-state index is -1.98. The van der Waals surface area contributed by atoms with E-state index >= 15 is 0 Å². The van der Waals surface area contributed by atoms with Gasteiger partial charge in [0.25, 0.3) is 0 Å². The van der Waals surface area contributed by atoms with Gasteiger partial charge in [0.2, 0.25) is 5.91 Å². The maximum Gasteiger partial charge on any atom is 0.220 e. The third-order valence-electron chi connectivity index (χ3n) is 17.4. The van der Waals surface area contributed by atoms with Crippen molar-refractivity contribution in [1.29, 1.82) is 0 Å². The normalized spacial score (nSPS) is 28.2. The summed E-state index contributed by atoms with van der Waals surface area (Å²) in [5, 5.41) is 121. The van der Waals surface area contributed by atoms with Crippen molar-refractivity contribution < 1.29 is 89.4 Å². The van der Waals surface area contributed by atoms with Crippen LogP contribution in [0.2, 0.25) is 0 Å². The zero-order valence-corrected chi connectivity index (χ0v) is 56.3. The molecule has 0 radical (unpaired) electrons. The van der Waals surface area contributed by atoms with Crippen LogP contribution in [-0.4, -0.2) is 193 Å². The second kappa shape index (κ2) is 54.0. The van der Waals surface area contributed by atoms with Gasteiger partial charge in [-0.3, -0.25) is 4.79 Å². The lowest BCUT2D eigenvalue weighted by Crippen LogP contribution is -2.66. The Hall–Kier alpha value is -3.03. The Morgan fingerprint density at radius 3 is 1.22 bits per heavy atom. The number of aliphatic hydroxyl groups excluding tert-OH is 11. The monoisotopic (exact) mass is 1310 g/mol. The molecule has 0 aromatic rings. The van der Waals surface area contributed by atoms with Gasteiger partial charge in [0.1, 0.15) is 73.2 Å². The van der Waals surface area contributed by atoms with Crippen LogP contribution in [0.1, 0.15) is 239 Å². The van der Waals surface area contributed by atoms with Gasteiger partial charge in [0, 0.05) is 6.42 Å². The molecule has 17 unspecified atom stereocenters. The Balaban J connectivity index is 1.43. The summed E-state index contributed by atoms with van der Waals surface area (Å²) in [6.45, 7) is 1.60. The summed E-state index contributed by atoms with van der Waals surface area (Å²) in [4.78, 5) is 13.4. The average Bonchev–Trinajstić information content (AvgIpc) is 0.854. The van der Waals surface area contributed by atoms with Gasteiger partial charge in [0.15, 0.2) is 18.9 Å². The number of hydrogen-bond acceptors (Lipinski definition) is 18. The lowest BCUT2D eigenvalue weighted by Gasteiger charge is -2.48. The molecule has 3 saturated heterocycles. The average molecular weight is 1310 g/mol. The Labute approximate surface area is 552 Å². The van der Waals surface area contributed by atoms with E-state index in [1.165, 1.54) is 122 Å². The highest BCUT2D eigenvalue weighted by Crippen LogP contribution is 2.33. The van der Waals surface area contributed by atoms with E-state index in [-0.39, 0.29) is 18.9 Å². The van der Waals surface area contributed by atoms with Crippen LogP contribution >= 0.6 is 0 Å². The van der Waals surface area contributed by atoms with Crippen LogP contribution < -0.4 is 5.32 Å². The van der Waals surface area contributed by atoms with Crippen LogP contribution in [0.15, 0.2) is 85.1 Å². The second-order valence-corrected chi connectivity index (χ2v) is 25.3. The quantitative estimate of drug-likeness (QED) is 0.0199. The van der Waals surface area contributed by atoms with Gasteiger partial charge in [-0.15, -0.1) is 0 Å². The molecule has 12 N–H and O–H groups in total. The first kappa shape index (κ1) is 83.2. The number of aliphatic hydroxyl groups is 11. The van der Waals surface area contributed by atoms with Crippen molar-refractivity contribution in [3.05, 3.63) is 85.1 Å². The fourth-order valence-corrected chi connectivity index (χ4v) is 11.6. The van der Waals surface area contributed by atoms with E-state index in [4.69, 9.17) is 28.4 Å². The zero-order chi connectivity index (χ0) is 66.8. The molecule has 1 amide bonds. The molecule has 532 valence electrons. The van der Waals surface area contributed by atoms with Crippen LogP contribution in [-0.2, 0) is 33.2 Å². The molecule has 19 nitrogen and oxygen atoms in total. The van der Waals surface area contributed by atoms with Crippen LogP contribution in [0.3, 0.4) is 0 Å². The van der Waals surface area contributed by atoms with Gasteiger partial charge in [0.05, 0.1) is 38.6 Å². The lowest BCUT2D eigenvalue weighted by atomic mass is 9.96. The molecular weight excluding hydrogens is 1180 g/mol. The predicted octanol–water partition coefficient (Wildman–Crippen LogP) is 9.88. The first-order chi connectivity index (χ1) is 44.8. The van der Waals surface area contributed by atoms with Crippen molar-refractivity contribution in [3.8, 4) is 0 Å². The molecule has 0 aromatic carbocycles. The first-order valence-electron chi connectivity index (χ1n) is 35.8. The zero-order valence-electron chi connectivity index (χ0n) is 56.3. The molecule has 92 heavy (non-hydrogen) atoms. The summed E-state index contributed by atoms with van der Waals surface area (Å²) in [6, 6.07) is -0.997. The summed E-state index contributed by atoms with van der Waals surface area (Å²) in [7, 11) is 0. The minimum Gasteiger partial charge on any atom is -0.394 e. The minimum absolute atomic E-state index is 0.227. The number of amides is 1. The largest absolute Gasteiger partial charge is 0.394 e. The van der Waals surface area contributed by atoms with Gasteiger partial charge < -0.3 is 89.9 Å². The Kier molecular flexibility index (Phi) is 48.9. The smallest absolute Gasteiger partial charge is 0.220 e. The number of ether oxygens (including phenoxy) is 6. The molecule has 3 aliphatic rings. The number of carbonyl (C=O) groups is 1. The van der Waals surface area contributed by atoms with Crippen LogP contribution in [0.5, 0.6) is 0 Å². The maximum absolute atomic E-state index is 13.4. The fourth-order valence-electron chi connectivity index (χ4n) is 11.6. The van der Waals surface area contributed by atoms with Crippen molar-refractivity contribution >= 4 is 5.91 Å². The lowest BCUT2D eigenvalue weighted by molar-refractivity contribution is -0.379. The fraction of sp³-hybridized carbons (Fsp3) is 0.795. The van der Waals surface area contributed by atoms with E-state index in [0.29, 0.717) is 12.8 Å². The summed E-state index contributed by atoms with van der Waals surface area (Å²) in [6.07, 6.45) is 42.7. The third kappa shape index (κ3) is 35.3. The highest BCUT2D eigenvalue weighted by Gasteiger charge is 2.53. The third-order valence-corrected chi connectivity index (χ3v) is 17.4. The van der Waals surface area contributed by atoms with Gasteiger partial charge >= 0.3 is 0 Å². The number of nitrogens with one attached hydrogen (secondary N) is 1. The Morgan fingerprint density at radius 1 is 0.402 bits per heavy atom. The van der Waals surface area contributed by atoms with E-state index in [1.54, 1.807) is 6.08 Å². The summed E-state index contributed by atoms with van der Waals surface area (Å²) in [5.74, 6) is -0.291. The Bertz CT molecular complexity index is 2000. The van der Waals surface area contributed by atoms with Crippen molar-refractivity contribution in [3.63, 3.8) is 0 Å². The van der Waals surface area contributed by atoms with Crippen LogP contribution in [0.4, 0.5) is 0 Å². The SMILES string of the molecule is CC/C=C\C/C=C\C/C=C\C/C=C\C/C=C\CCCCCCCCCCCCCC(=O)NC(COC1OC(CO)C(OC2OC(CO)C(OC3OC(CO)C(O)C(O)C3O)C(O)C2O)C(O)C1O)C(O)/C=C/CC/C=C/CCCCCCCCCCCCCCCC. The van der Waals surface area contributed by atoms with Crippen molar-refractivity contribution in [2.24, 2.45) is 0 Å². The highest BCUT2D eigenvalue weighted by atomic mass is 16.8. The standard InChI is InChI=1S/C73H127NO18/c1-3-5-7-9-11-13-15-17-19-21-23-25-26-27-28-29-30-31-33-35-37-39-41-43-45-47-49-51-61(79)74-56(57(78)50-48-46-44-42-40-38-36-34-32-24-22-20-18-16-14-12-10-8-6-4-2)55-87-71-67(85)64(82)69(59(53-76)89-71)92-73-68(86)65(83)70(60(54-77)90-73)91-72-66(84)63(81)62(80)58(52-75)88-72/h5,7,11,13,17,19,23,25,27-28,40,42,48,50,56-60,62-73,75-78,80-86H,3-4,6,8-10,12,14-16,18,20-22,24,26,29-39,41,43-47,49,51-55H2,1-2H3,(H,74,79)/b7-5-,13-11-,19-17-,25-23-,28-27-,42-40+,50-48+. The number of rotatable bonds is 54. The van der Waals surface area contributed by atoms with Gasteiger partial charge in [-0.2, -0.15) is 0 Å². The van der Waals surface area contributed by atoms with E-state index in [0.717, 1.165) is 83.5 Å². The molecule has 3 fully saturated rings. The van der Waals surface area contributed by atoms with Crippen LogP contribution in [0.25, 0.3) is 0 Å². The molecule has 0 spiro atoms. The number of allylic oxidation sites excluding steroid dienone is 13.